The van der Waals surface area contributed by atoms with Crippen molar-refractivity contribution in [3.05, 3.63) is 0 Å². The van der Waals surface area contributed by atoms with E-state index in [0.717, 1.165) is 38.8 Å². The molecule has 0 unspecified atom stereocenters. The van der Waals surface area contributed by atoms with Gasteiger partial charge in [-0.25, -0.2) is 0 Å². The molecule has 1 amide bonds. The highest BCUT2D eigenvalue weighted by Gasteiger charge is 2.22. The van der Waals surface area contributed by atoms with Gasteiger partial charge >= 0.3 is 0 Å². The molecule has 78 valence electrons. The maximum Gasteiger partial charge on any atom is 0.220 e. The molecular weight excluding hydrogens is 176 g/mol. The Morgan fingerprint density at radius 1 is 1.43 bits per heavy atom. The molecule has 0 spiro atoms. The zero-order valence-corrected chi connectivity index (χ0v) is 8.51. The molecule has 0 aliphatic heterocycles. The van der Waals surface area contributed by atoms with Gasteiger partial charge in [0.15, 0.2) is 0 Å². The van der Waals surface area contributed by atoms with E-state index in [1.807, 2.05) is 0 Å². The molecule has 0 saturated heterocycles. The molecule has 2 N–H and O–H groups in total. The Morgan fingerprint density at radius 2 is 2.21 bits per heavy atom. The lowest BCUT2D eigenvalue weighted by Crippen LogP contribution is -2.26. The molecule has 3 heteroatoms. The topological polar surface area (TPSA) is 41.1 Å². The van der Waals surface area contributed by atoms with E-state index < -0.39 is 0 Å². The van der Waals surface area contributed by atoms with Crippen LogP contribution in [0.2, 0.25) is 0 Å². The van der Waals surface area contributed by atoms with Gasteiger partial charge in [-0.05, 0) is 25.8 Å². The number of carbonyl (C=O) groups is 1. The number of terminal acetylenes is 1. The van der Waals surface area contributed by atoms with Gasteiger partial charge in [-0.1, -0.05) is 0 Å². The van der Waals surface area contributed by atoms with Crippen molar-refractivity contribution < 1.29 is 4.79 Å². The highest BCUT2D eigenvalue weighted by Crippen LogP contribution is 2.18. The van der Waals surface area contributed by atoms with Gasteiger partial charge in [0.25, 0.3) is 0 Å². The van der Waals surface area contributed by atoms with Gasteiger partial charge in [0, 0.05) is 25.4 Å². The zero-order chi connectivity index (χ0) is 10.2. The molecule has 1 saturated carbocycles. The van der Waals surface area contributed by atoms with Gasteiger partial charge in [0.2, 0.25) is 5.91 Å². The van der Waals surface area contributed by atoms with Crippen LogP contribution in [0.25, 0.3) is 0 Å². The fourth-order valence-electron chi connectivity index (χ4n) is 1.19. The molecular formula is C11H18N2O. The number of hydrogen-bond donors (Lipinski definition) is 2. The standard InChI is InChI=1S/C11H18N2O/c1-2-3-8-12-9-4-5-11(14)13-10-6-7-10/h1,10,12H,3-9H2,(H,13,14). The van der Waals surface area contributed by atoms with E-state index >= 15 is 0 Å². The Kier molecular flexibility index (Phi) is 5.09. The van der Waals surface area contributed by atoms with Gasteiger partial charge in [-0.15, -0.1) is 12.3 Å². The van der Waals surface area contributed by atoms with Crippen LogP contribution in [-0.4, -0.2) is 25.0 Å². The quantitative estimate of drug-likeness (QED) is 0.462. The lowest BCUT2D eigenvalue weighted by atomic mass is 10.3. The summed E-state index contributed by atoms with van der Waals surface area (Å²) in [6.45, 7) is 1.72. The Balaban J connectivity index is 1.82. The molecule has 1 fully saturated rings. The zero-order valence-electron chi connectivity index (χ0n) is 8.51. The van der Waals surface area contributed by atoms with E-state index in [4.69, 9.17) is 6.42 Å². The Bertz CT molecular complexity index is 216. The summed E-state index contributed by atoms with van der Waals surface area (Å²) in [5, 5.41) is 6.14. The molecule has 0 aromatic rings. The van der Waals surface area contributed by atoms with E-state index in [9.17, 15) is 4.79 Å². The van der Waals surface area contributed by atoms with Crippen molar-refractivity contribution in [2.75, 3.05) is 13.1 Å². The van der Waals surface area contributed by atoms with Gasteiger partial charge in [0.05, 0.1) is 0 Å². The van der Waals surface area contributed by atoms with E-state index in [1.54, 1.807) is 0 Å². The normalized spacial score (nSPS) is 14.8. The monoisotopic (exact) mass is 194 g/mol. The first-order valence-electron chi connectivity index (χ1n) is 5.26. The molecule has 0 aromatic carbocycles. The van der Waals surface area contributed by atoms with Crippen molar-refractivity contribution in [1.82, 2.24) is 10.6 Å². The van der Waals surface area contributed by atoms with Gasteiger partial charge in [-0.2, -0.15) is 0 Å². The predicted molar refractivity (Wildman–Crippen MR) is 56.7 cm³/mol. The van der Waals surface area contributed by atoms with Crippen LogP contribution in [0.5, 0.6) is 0 Å². The van der Waals surface area contributed by atoms with Crippen LogP contribution in [-0.2, 0) is 4.79 Å². The summed E-state index contributed by atoms with van der Waals surface area (Å²) in [6, 6.07) is 0.483. The van der Waals surface area contributed by atoms with Crippen molar-refractivity contribution in [1.29, 1.82) is 0 Å². The van der Waals surface area contributed by atoms with Gasteiger partial charge in [-0.3, -0.25) is 4.79 Å². The molecule has 3 nitrogen and oxygen atoms in total. The lowest BCUT2D eigenvalue weighted by Gasteiger charge is -2.03. The van der Waals surface area contributed by atoms with Crippen molar-refractivity contribution in [3.8, 4) is 12.3 Å². The fourth-order valence-corrected chi connectivity index (χ4v) is 1.19. The number of hydrogen-bond acceptors (Lipinski definition) is 2. The van der Waals surface area contributed by atoms with Crippen LogP contribution in [0.1, 0.15) is 32.1 Å². The lowest BCUT2D eigenvalue weighted by molar-refractivity contribution is -0.121. The molecule has 1 aliphatic rings. The highest BCUT2D eigenvalue weighted by atomic mass is 16.1. The Hall–Kier alpha value is -1.01. The van der Waals surface area contributed by atoms with Gasteiger partial charge in [0.1, 0.15) is 0 Å². The number of rotatable bonds is 7. The number of carbonyl (C=O) groups excluding carboxylic acids is 1. The van der Waals surface area contributed by atoms with E-state index in [2.05, 4.69) is 16.6 Å². The third-order valence-corrected chi connectivity index (χ3v) is 2.15. The average molecular weight is 194 g/mol. The van der Waals surface area contributed by atoms with E-state index in [0.29, 0.717) is 12.5 Å². The second-order valence-corrected chi connectivity index (χ2v) is 3.65. The minimum absolute atomic E-state index is 0.186. The summed E-state index contributed by atoms with van der Waals surface area (Å²) >= 11 is 0. The van der Waals surface area contributed by atoms with Crippen LogP contribution in [0, 0.1) is 12.3 Å². The Labute approximate surface area is 85.6 Å². The third-order valence-electron chi connectivity index (χ3n) is 2.15. The molecule has 0 aromatic heterocycles. The first kappa shape index (κ1) is 11.1. The van der Waals surface area contributed by atoms with Crippen molar-refractivity contribution >= 4 is 5.91 Å². The maximum atomic E-state index is 11.2. The van der Waals surface area contributed by atoms with Crippen LogP contribution < -0.4 is 10.6 Å². The van der Waals surface area contributed by atoms with Crippen LogP contribution in [0.4, 0.5) is 0 Å². The highest BCUT2D eigenvalue weighted by molar-refractivity contribution is 5.76. The maximum absolute atomic E-state index is 11.2. The minimum atomic E-state index is 0.186. The summed E-state index contributed by atoms with van der Waals surface area (Å²) in [7, 11) is 0. The Morgan fingerprint density at radius 3 is 2.86 bits per heavy atom. The molecule has 1 aliphatic carbocycles. The minimum Gasteiger partial charge on any atom is -0.353 e. The van der Waals surface area contributed by atoms with Crippen LogP contribution in [0.3, 0.4) is 0 Å². The fraction of sp³-hybridized carbons (Fsp3) is 0.727. The number of amides is 1. The van der Waals surface area contributed by atoms with Crippen molar-refractivity contribution in [2.45, 2.75) is 38.1 Å². The molecule has 14 heavy (non-hydrogen) atoms. The summed E-state index contributed by atoms with van der Waals surface area (Å²) in [5.74, 6) is 2.75. The second-order valence-electron chi connectivity index (χ2n) is 3.65. The molecule has 0 heterocycles. The molecule has 0 bridgehead atoms. The average Bonchev–Trinajstić information content (AvgIpc) is 2.95. The second kappa shape index (κ2) is 6.44. The first-order valence-corrected chi connectivity index (χ1v) is 5.26. The smallest absolute Gasteiger partial charge is 0.220 e. The number of nitrogens with one attached hydrogen (secondary N) is 2. The van der Waals surface area contributed by atoms with Gasteiger partial charge < -0.3 is 10.6 Å². The third kappa shape index (κ3) is 5.60. The summed E-state index contributed by atoms with van der Waals surface area (Å²) in [4.78, 5) is 11.2. The van der Waals surface area contributed by atoms with Crippen molar-refractivity contribution in [2.24, 2.45) is 0 Å². The summed E-state index contributed by atoms with van der Waals surface area (Å²) in [6.07, 6.45) is 9.69. The van der Waals surface area contributed by atoms with E-state index in [1.165, 1.54) is 0 Å². The SMILES string of the molecule is C#CCCNCCCC(=O)NC1CC1. The molecule has 0 atom stereocenters. The van der Waals surface area contributed by atoms with Crippen LogP contribution >= 0.6 is 0 Å². The largest absolute Gasteiger partial charge is 0.353 e. The predicted octanol–water partition coefficient (Wildman–Crippen LogP) is 0.658. The molecule has 0 radical (unpaired) electrons. The molecule has 1 rings (SSSR count). The summed E-state index contributed by atoms with van der Waals surface area (Å²) in [5.41, 5.74) is 0. The van der Waals surface area contributed by atoms with Crippen LogP contribution in [0.15, 0.2) is 0 Å². The van der Waals surface area contributed by atoms with Crippen molar-refractivity contribution in [3.63, 3.8) is 0 Å². The first-order chi connectivity index (χ1) is 6.83. The summed E-state index contributed by atoms with van der Waals surface area (Å²) < 4.78 is 0. The van der Waals surface area contributed by atoms with E-state index in [-0.39, 0.29) is 5.91 Å².